The van der Waals surface area contributed by atoms with Gasteiger partial charge in [-0.25, -0.2) is 0 Å². The van der Waals surface area contributed by atoms with E-state index >= 15 is 0 Å². The van der Waals surface area contributed by atoms with E-state index in [9.17, 15) is 9.59 Å². The first kappa shape index (κ1) is 16.9. The lowest BCUT2D eigenvalue weighted by atomic mass is 10.2. The highest BCUT2D eigenvalue weighted by Crippen LogP contribution is 2.33. The fraction of sp³-hybridized carbons (Fsp3) is 0.133. The summed E-state index contributed by atoms with van der Waals surface area (Å²) in [5, 5.41) is 8.70. The Morgan fingerprint density at radius 1 is 1.36 bits per heavy atom. The molecule has 0 unspecified atom stereocenters. The maximum atomic E-state index is 12.2. The van der Waals surface area contributed by atoms with Gasteiger partial charge in [-0.05, 0) is 17.7 Å². The van der Waals surface area contributed by atoms with E-state index in [0.29, 0.717) is 9.23 Å². The van der Waals surface area contributed by atoms with Crippen molar-refractivity contribution in [3.63, 3.8) is 0 Å². The van der Waals surface area contributed by atoms with Gasteiger partial charge in [-0.2, -0.15) is 0 Å². The Kier molecular flexibility index (Phi) is 5.93. The third kappa shape index (κ3) is 4.53. The number of hydrogen-bond acceptors (Lipinski definition) is 4. The number of benzene rings is 1. The third-order valence-corrected chi connectivity index (χ3v) is 4.63. The van der Waals surface area contributed by atoms with E-state index in [0.717, 1.165) is 10.0 Å². The number of carboxylic acid groups (broad SMARTS) is 1. The number of rotatable bonds is 5. The third-order valence-electron chi connectivity index (χ3n) is 2.80. The summed E-state index contributed by atoms with van der Waals surface area (Å²) in [6.07, 6.45) is 3.47. The van der Waals surface area contributed by atoms with Crippen molar-refractivity contribution in [3.8, 4) is 0 Å². The van der Waals surface area contributed by atoms with Crippen molar-refractivity contribution in [3.05, 3.63) is 51.4 Å². The minimum Gasteiger partial charge on any atom is -0.481 e. The van der Waals surface area contributed by atoms with Crippen LogP contribution in [0.4, 0.5) is 0 Å². The smallest absolute Gasteiger partial charge is 0.305 e. The molecule has 4 nitrogen and oxygen atoms in total. The molecule has 22 heavy (non-hydrogen) atoms. The van der Waals surface area contributed by atoms with E-state index in [1.165, 1.54) is 16.7 Å². The molecule has 114 valence electrons. The Balaban J connectivity index is 2.12. The normalized spacial score (nSPS) is 17.4. The van der Waals surface area contributed by atoms with Gasteiger partial charge < -0.3 is 5.11 Å². The highest BCUT2D eigenvalue weighted by molar-refractivity contribution is 9.12. The van der Waals surface area contributed by atoms with Gasteiger partial charge in [0.1, 0.15) is 4.32 Å². The largest absolute Gasteiger partial charge is 0.481 e. The van der Waals surface area contributed by atoms with Gasteiger partial charge >= 0.3 is 5.97 Å². The second-order valence-corrected chi connectivity index (χ2v) is 7.01. The van der Waals surface area contributed by atoms with Crippen LogP contribution in [0.25, 0.3) is 6.08 Å². The predicted molar refractivity (Wildman–Crippen MR) is 95.6 cm³/mol. The number of nitrogens with zero attached hydrogens (tertiary/aromatic N) is 1. The topological polar surface area (TPSA) is 57.6 Å². The highest BCUT2D eigenvalue weighted by atomic mass is 79.9. The van der Waals surface area contributed by atoms with Crippen LogP contribution in [-0.2, 0) is 9.59 Å². The average molecular weight is 398 g/mol. The molecule has 0 aliphatic carbocycles. The molecule has 1 saturated heterocycles. The van der Waals surface area contributed by atoms with Gasteiger partial charge in [0.2, 0.25) is 0 Å². The van der Waals surface area contributed by atoms with E-state index in [1.54, 1.807) is 6.08 Å². The number of amides is 1. The Morgan fingerprint density at radius 3 is 2.68 bits per heavy atom. The monoisotopic (exact) mass is 397 g/mol. The molecule has 0 saturated carbocycles. The number of thioether (sulfide) groups is 1. The fourth-order valence-electron chi connectivity index (χ4n) is 1.78. The van der Waals surface area contributed by atoms with Crippen LogP contribution in [0.5, 0.6) is 0 Å². The first-order chi connectivity index (χ1) is 10.5. The van der Waals surface area contributed by atoms with Gasteiger partial charge in [-0.1, -0.05) is 70.2 Å². The lowest BCUT2D eigenvalue weighted by Gasteiger charge is -2.12. The van der Waals surface area contributed by atoms with Crippen LogP contribution in [0.3, 0.4) is 0 Å². The molecule has 1 aliphatic heterocycles. The average Bonchev–Trinajstić information content (AvgIpc) is 2.72. The molecular weight excluding hydrogens is 386 g/mol. The maximum Gasteiger partial charge on any atom is 0.305 e. The zero-order chi connectivity index (χ0) is 16.1. The van der Waals surface area contributed by atoms with E-state index in [-0.39, 0.29) is 18.9 Å². The van der Waals surface area contributed by atoms with Crippen LogP contribution < -0.4 is 0 Å². The molecular formula is C15H12BrNO3S2. The molecule has 1 aromatic carbocycles. The van der Waals surface area contributed by atoms with Gasteiger partial charge in [-0.3, -0.25) is 14.5 Å². The summed E-state index contributed by atoms with van der Waals surface area (Å²) in [5.41, 5.74) is 1.01. The van der Waals surface area contributed by atoms with Crippen LogP contribution in [0.2, 0.25) is 0 Å². The lowest BCUT2D eigenvalue weighted by molar-refractivity contribution is -0.137. The molecule has 2 rings (SSSR count). The number of allylic oxidation sites excluding steroid dienone is 2. The number of halogens is 1. The van der Waals surface area contributed by atoms with E-state index in [1.807, 2.05) is 36.4 Å². The van der Waals surface area contributed by atoms with Crippen molar-refractivity contribution in [2.75, 3.05) is 6.54 Å². The Labute approximate surface area is 146 Å². The molecule has 0 aromatic heterocycles. The summed E-state index contributed by atoms with van der Waals surface area (Å²) in [5.74, 6) is -1.21. The van der Waals surface area contributed by atoms with Gasteiger partial charge in [0.15, 0.2) is 0 Å². The Bertz CT molecular complexity index is 671. The van der Waals surface area contributed by atoms with Crippen LogP contribution >= 0.6 is 39.9 Å². The van der Waals surface area contributed by atoms with Crippen molar-refractivity contribution in [1.29, 1.82) is 0 Å². The van der Waals surface area contributed by atoms with Crippen molar-refractivity contribution in [1.82, 2.24) is 4.90 Å². The highest BCUT2D eigenvalue weighted by Gasteiger charge is 2.32. The summed E-state index contributed by atoms with van der Waals surface area (Å²) >= 11 is 9.72. The van der Waals surface area contributed by atoms with Gasteiger partial charge in [-0.15, -0.1) is 0 Å². The molecule has 1 aromatic rings. The fourth-order valence-corrected chi connectivity index (χ4v) is 3.72. The molecule has 0 radical (unpaired) electrons. The quantitative estimate of drug-likeness (QED) is 0.606. The molecule has 1 fully saturated rings. The van der Waals surface area contributed by atoms with Crippen molar-refractivity contribution >= 4 is 62.2 Å². The molecule has 0 bridgehead atoms. The molecule has 1 amide bonds. The van der Waals surface area contributed by atoms with Crippen molar-refractivity contribution in [2.24, 2.45) is 0 Å². The van der Waals surface area contributed by atoms with Gasteiger partial charge in [0.05, 0.1) is 11.3 Å². The van der Waals surface area contributed by atoms with E-state index < -0.39 is 5.97 Å². The lowest BCUT2D eigenvalue weighted by Crippen LogP contribution is -2.30. The number of carbonyl (C=O) groups excluding carboxylic acids is 1. The summed E-state index contributed by atoms with van der Waals surface area (Å²) in [6.45, 7) is 0.0946. The zero-order valence-electron chi connectivity index (χ0n) is 11.4. The first-order valence-corrected chi connectivity index (χ1v) is 8.38. The summed E-state index contributed by atoms with van der Waals surface area (Å²) in [4.78, 5) is 24.6. The second-order valence-electron chi connectivity index (χ2n) is 4.42. The maximum absolute atomic E-state index is 12.2. The molecule has 1 aliphatic rings. The zero-order valence-corrected chi connectivity index (χ0v) is 14.6. The van der Waals surface area contributed by atoms with E-state index in [4.69, 9.17) is 17.3 Å². The summed E-state index contributed by atoms with van der Waals surface area (Å²) < 4.78 is 1.13. The van der Waals surface area contributed by atoms with Crippen LogP contribution in [0.1, 0.15) is 12.0 Å². The molecule has 1 N–H and O–H groups in total. The molecule has 7 heteroatoms. The van der Waals surface area contributed by atoms with Gasteiger partial charge in [0.25, 0.3) is 5.91 Å². The van der Waals surface area contributed by atoms with Crippen LogP contribution in [0.15, 0.2) is 45.8 Å². The summed E-state index contributed by atoms with van der Waals surface area (Å²) in [6, 6.07) is 9.69. The molecule has 0 atom stereocenters. The minimum absolute atomic E-state index is 0.0946. The number of carboxylic acids is 1. The SMILES string of the molecule is O=C(O)CCN1C(=O)C(=C/C(Br)=C/c2ccccc2)SC1=S. The van der Waals surface area contributed by atoms with E-state index in [2.05, 4.69) is 15.9 Å². The molecule has 0 spiro atoms. The van der Waals surface area contributed by atoms with Crippen LogP contribution in [-0.4, -0.2) is 32.7 Å². The number of carbonyl (C=O) groups is 2. The molecule has 1 heterocycles. The van der Waals surface area contributed by atoms with Gasteiger partial charge in [0, 0.05) is 11.0 Å². The number of hydrogen-bond donors (Lipinski definition) is 1. The predicted octanol–water partition coefficient (Wildman–Crippen LogP) is 3.64. The standard InChI is InChI=1S/C15H12BrNO3S2/c16-11(8-10-4-2-1-3-5-10)9-12-14(20)17(15(21)22-12)7-6-13(18)19/h1-5,8-9H,6-7H2,(H,18,19)/b11-8-,12-9?. The Morgan fingerprint density at radius 2 is 2.05 bits per heavy atom. The summed E-state index contributed by atoms with van der Waals surface area (Å²) in [7, 11) is 0. The van der Waals surface area contributed by atoms with Crippen molar-refractivity contribution in [2.45, 2.75) is 6.42 Å². The Hall–Kier alpha value is -1.44. The first-order valence-electron chi connectivity index (χ1n) is 6.37. The van der Waals surface area contributed by atoms with Crippen molar-refractivity contribution < 1.29 is 14.7 Å². The number of thiocarbonyl (C=S) groups is 1. The second kappa shape index (κ2) is 7.71. The number of aliphatic carboxylic acids is 1. The van der Waals surface area contributed by atoms with Crippen LogP contribution in [0, 0.1) is 0 Å². The minimum atomic E-state index is -0.955.